The summed E-state index contributed by atoms with van der Waals surface area (Å²) in [5, 5.41) is 3.37. The lowest BCUT2D eigenvalue weighted by molar-refractivity contribution is -0.129. The first-order valence-corrected chi connectivity index (χ1v) is 12.5. The molecule has 8 nitrogen and oxygen atoms in total. The minimum atomic E-state index is -4.09. The summed E-state index contributed by atoms with van der Waals surface area (Å²) in [4.78, 5) is 25.2. The first-order chi connectivity index (χ1) is 13.3. The molecule has 2 atom stereocenters. The Bertz CT molecular complexity index is 1220. The molecule has 12 heteroatoms. The van der Waals surface area contributed by atoms with Gasteiger partial charge in [-0.3, -0.25) is 9.59 Å². The fourth-order valence-electron chi connectivity index (χ4n) is 2.62. The molecule has 0 radical (unpaired) electrons. The van der Waals surface area contributed by atoms with Crippen LogP contribution in [0.25, 0.3) is 11.0 Å². The molecule has 0 fully saturated rings. The van der Waals surface area contributed by atoms with Crippen LogP contribution < -0.4 is 5.43 Å². The number of halogens is 2. The molecular weight excluding hydrogens is 552 g/mol. The monoisotopic (exact) mass is 566 g/mol. The lowest BCUT2D eigenvalue weighted by atomic mass is 10.1. The zero-order valence-electron chi connectivity index (χ0n) is 15.7. The van der Waals surface area contributed by atoms with Gasteiger partial charge >= 0.3 is 4.38 Å². The number of rotatable bonds is 1. The molecule has 29 heavy (non-hydrogen) atoms. The van der Waals surface area contributed by atoms with Crippen molar-refractivity contribution in [3.8, 4) is 0 Å². The minimum absolute atomic E-state index is 0.126. The molecule has 1 aromatic heterocycles. The Labute approximate surface area is 186 Å². The minimum Gasteiger partial charge on any atom is -0.608 e. The molecule has 2 heterocycles. The van der Waals surface area contributed by atoms with Crippen LogP contribution in [0.2, 0.25) is 0 Å². The molecular formula is C17H16Br2N2O6S2. The fraction of sp³-hybridized carbons (Fsp3) is 0.353. The van der Waals surface area contributed by atoms with E-state index in [1.807, 2.05) is 0 Å². The van der Waals surface area contributed by atoms with Gasteiger partial charge < -0.3 is 8.97 Å². The number of hydrogen-bond acceptors (Lipinski definition) is 7. The van der Waals surface area contributed by atoms with Crippen LogP contribution in [0.4, 0.5) is 0 Å². The number of amides is 1. The zero-order chi connectivity index (χ0) is 21.9. The number of carbonyl (C=O) groups is 1. The van der Waals surface area contributed by atoms with Crippen molar-refractivity contribution < 1.29 is 22.2 Å². The molecule has 0 N–H and O–H groups in total. The van der Waals surface area contributed by atoms with E-state index in [0.717, 1.165) is 18.2 Å². The van der Waals surface area contributed by atoms with Gasteiger partial charge in [-0.15, -0.1) is 5.10 Å². The summed E-state index contributed by atoms with van der Waals surface area (Å²) >= 11 is 4.30. The van der Waals surface area contributed by atoms with Crippen molar-refractivity contribution in [3.63, 3.8) is 0 Å². The van der Waals surface area contributed by atoms with Crippen LogP contribution in [0.15, 0.2) is 41.7 Å². The van der Waals surface area contributed by atoms with E-state index in [-0.39, 0.29) is 16.5 Å². The van der Waals surface area contributed by atoms with E-state index in [0.29, 0.717) is 8.95 Å². The van der Waals surface area contributed by atoms with E-state index >= 15 is 0 Å². The number of fused-ring (bicyclic) bond motifs is 1. The second kappa shape index (κ2) is 7.49. The predicted molar refractivity (Wildman–Crippen MR) is 117 cm³/mol. The molecule has 0 saturated carbocycles. The third kappa shape index (κ3) is 3.69. The number of sulfone groups is 1. The van der Waals surface area contributed by atoms with Crippen LogP contribution in [0.5, 0.6) is 0 Å². The van der Waals surface area contributed by atoms with Crippen LogP contribution >= 0.6 is 31.9 Å². The van der Waals surface area contributed by atoms with E-state index < -0.39 is 46.8 Å². The van der Waals surface area contributed by atoms with Crippen molar-refractivity contribution in [3.05, 3.63) is 43.1 Å². The van der Waals surface area contributed by atoms with E-state index in [4.69, 9.17) is 4.42 Å². The fourth-order valence-corrected chi connectivity index (χ4v) is 7.68. The van der Waals surface area contributed by atoms with Crippen molar-refractivity contribution in [1.82, 2.24) is 5.01 Å². The highest BCUT2D eigenvalue weighted by Crippen LogP contribution is 2.38. The van der Waals surface area contributed by atoms with Crippen LogP contribution in [-0.2, 0) is 25.8 Å². The van der Waals surface area contributed by atoms with Gasteiger partial charge in [0.05, 0.1) is 25.8 Å². The van der Waals surface area contributed by atoms with Crippen LogP contribution in [0.3, 0.4) is 0 Å². The molecule has 0 saturated heterocycles. The molecule has 1 aliphatic rings. The quantitative estimate of drug-likeness (QED) is 0.487. The van der Waals surface area contributed by atoms with Crippen LogP contribution in [0, 0.1) is 0 Å². The first kappa shape index (κ1) is 22.5. The molecule has 1 aromatic carbocycles. The Morgan fingerprint density at radius 1 is 1.31 bits per heavy atom. The van der Waals surface area contributed by atoms with Crippen molar-refractivity contribution in [2.24, 2.45) is 5.10 Å². The van der Waals surface area contributed by atoms with E-state index in [9.17, 15) is 22.6 Å². The maximum Gasteiger partial charge on any atom is 0.357 e. The van der Waals surface area contributed by atoms with Gasteiger partial charge in [-0.25, -0.2) is 8.42 Å². The number of hydrazone groups is 1. The number of carbonyl (C=O) groups excluding carboxylic acids is 1. The smallest absolute Gasteiger partial charge is 0.357 e. The SMILES string of the molecule is CC(=O)N1N=C(S(=O)(=O)C(C)(C)C)[S+]([O-])C1c1coc2c(Br)cc(Br)cc2c1=O. The third-order valence-electron chi connectivity index (χ3n) is 4.23. The van der Waals surface area contributed by atoms with Gasteiger partial charge in [-0.2, -0.15) is 5.01 Å². The summed E-state index contributed by atoms with van der Waals surface area (Å²) in [6.45, 7) is 5.46. The zero-order valence-corrected chi connectivity index (χ0v) is 20.5. The molecule has 0 spiro atoms. The molecule has 0 aliphatic carbocycles. The molecule has 156 valence electrons. The van der Waals surface area contributed by atoms with Crippen molar-refractivity contribution in [2.45, 2.75) is 37.8 Å². The van der Waals surface area contributed by atoms with Crippen LogP contribution in [0.1, 0.15) is 38.6 Å². The summed E-state index contributed by atoms with van der Waals surface area (Å²) in [5.74, 6) is -0.655. The Balaban J connectivity index is 2.23. The van der Waals surface area contributed by atoms with Crippen LogP contribution in [-0.4, -0.2) is 33.0 Å². The summed E-state index contributed by atoms with van der Waals surface area (Å²) in [6, 6.07) is 3.22. The van der Waals surface area contributed by atoms with E-state index in [1.54, 1.807) is 6.07 Å². The summed E-state index contributed by atoms with van der Waals surface area (Å²) in [5.41, 5.74) is -0.398. The van der Waals surface area contributed by atoms with Gasteiger partial charge in [0, 0.05) is 11.4 Å². The lowest BCUT2D eigenvalue weighted by Crippen LogP contribution is -2.38. The van der Waals surface area contributed by atoms with Crippen molar-refractivity contribution in [2.75, 3.05) is 0 Å². The predicted octanol–water partition coefficient (Wildman–Crippen LogP) is 3.41. The first-order valence-electron chi connectivity index (χ1n) is 8.21. The maximum absolute atomic E-state index is 13.1. The normalized spacial score (nSPS) is 20.2. The van der Waals surface area contributed by atoms with Gasteiger partial charge in [-0.1, -0.05) is 15.9 Å². The molecule has 2 unspecified atom stereocenters. The Kier molecular flexibility index (Phi) is 5.80. The molecule has 0 bridgehead atoms. The molecule has 3 rings (SSSR count). The Hall–Kier alpha value is -1.21. The Morgan fingerprint density at radius 3 is 2.48 bits per heavy atom. The van der Waals surface area contributed by atoms with Gasteiger partial charge in [0.2, 0.25) is 21.2 Å². The largest absolute Gasteiger partial charge is 0.608 e. The van der Waals surface area contributed by atoms with Gasteiger partial charge in [0.25, 0.3) is 5.37 Å². The highest BCUT2D eigenvalue weighted by molar-refractivity contribution is 9.11. The van der Waals surface area contributed by atoms with E-state index in [1.165, 1.54) is 26.8 Å². The van der Waals surface area contributed by atoms with Gasteiger partial charge in [0.15, 0.2) is 5.58 Å². The highest BCUT2D eigenvalue weighted by Gasteiger charge is 2.54. The summed E-state index contributed by atoms with van der Waals surface area (Å²) in [6.07, 6.45) is 1.09. The second-order valence-corrected chi connectivity index (χ2v) is 13.4. The second-order valence-electron chi connectivity index (χ2n) is 7.28. The average Bonchev–Trinajstić information content (AvgIpc) is 2.93. The molecule has 2 aromatic rings. The number of benzene rings is 1. The highest BCUT2D eigenvalue weighted by atomic mass is 79.9. The topological polar surface area (TPSA) is 120 Å². The van der Waals surface area contributed by atoms with Gasteiger partial charge in [0.1, 0.15) is 11.8 Å². The third-order valence-corrected chi connectivity index (χ3v) is 9.87. The van der Waals surface area contributed by atoms with Crippen molar-refractivity contribution in [1.29, 1.82) is 0 Å². The summed E-state index contributed by atoms with van der Waals surface area (Å²) < 4.78 is 43.5. The lowest BCUT2D eigenvalue weighted by Gasteiger charge is -2.21. The molecule has 1 amide bonds. The van der Waals surface area contributed by atoms with E-state index in [2.05, 4.69) is 37.0 Å². The molecule has 1 aliphatic heterocycles. The Morgan fingerprint density at radius 2 is 1.93 bits per heavy atom. The number of hydrogen-bond donors (Lipinski definition) is 0. The van der Waals surface area contributed by atoms with Crippen molar-refractivity contribution >= 4 is 74.1 Å². The standard InChI is InChI=1S/C17H16Br2N2O6S2/c1-8(22)21-15(28(24)16(20-21)29(25,26)17(2,3)4)11-7-27-14-10(13(11)23)5-9(18)6-12(14)19/h5-7,15H,1-4H3. The van der Waals surface area contributed by atoms with Gasteiger partial charge in [-0.05, 0) is 48.8 Å². The maximum atomic E-state index is 13.1. The summed E-state index contributed by atoms with van der Waals surface area (Å²) in [7, 11) is -4.09. The average molecular weight is 568 g/mol. The number of nitrogens with zero attached hydrogens (tertiary/aromatic N) is 2.